The Hall–Kier alpha value is -2.70. The summed E-state index contributed by atoms with van der Waals surface area (Å²) in [5.74, 6) is -1.05. The molecule has 1 N–H and O–H groups in total. The first-order valence-corrected chi connectivity index (χ1v) is 4.72. The number of benzene rings is 1. The quantitative estimate of drug-likeness (QED) is 0.368. The number of carboxylic acids is 1. The van der Waals surface area contributed by atoms with Gasteiger partial charge in [-0.05, 0) is 12.1 Å². The summed E-state index contributed by atoms with van der Waals surface area (Å²) < 4.78 is 4.93. The summed E-state index contributed by atoms with van der Waals surface area (Å²) in [5, 5.41) is 19.3. The molecular weight excluding hydrogens is 242 g/mol. The lowest BCUT2D eigenvalue weighted by Gasteiger charge is -2.07. The van der Waals surface area contributed by atoms with E-state index in [1.165, 1.54) is 13.2 Å². The molecule has 0 aliphatic carbocycles. The first-order valence-electron chi connectivity index (χ1n) is 4.72. The van der Waals surface area contributed by atoms with E-state index in [1.54, 1.807) is 0 Å². The summed E-state index contributed by atoms with van der Waals surface area (Å²) in [6, 6.07) is 2.42. The van der Waals surface area contributed by atoms with E-state index in [-0.39, 0.29) is 16.9 Å². The van der Waals surface area contributed by atoms with Crippen molar-refractivity contribution in [2.45, 2.75) is 0 Å². The fraction of sp³-hybridized carbons (Fsp3) is 0.0909. The summed E-state index contributed by atoms with van der Waals surface area (Å²) in [6.45, 7) is 0. The van der Waals surface area contributed by atoms with Crippen LogP contribution in [-0.4, -0.2) is 29.4 Å². The van der Waals surface area contributed by atoms with E-state index in [4.69, 9.17) is 9.84 Å². The second-order valence-electron chi connectivity index (χ2n) is 3.16. The Kier molecular flexibility index (Phi) is 4.14. The van der Waals surface area contributed by atoms with Crippen molar-refractivity contribution in [3.8, 4) is 5.75 Å². The number of methoxy groups -OCH3 is 1. The maximum Gasteiger partial charge on any atom is 0.328 e. The Morgan fingerprint density at radius 2 is 2.11 bits per heavy atom. The number of carbonyl (C=O) groups is 2. The molecule has 0 saturated carbocycles. The molecule has 1 rings (SSSR count). The molecule has 0 radical (unpaired) electrons. The number of carbonyl (C=O) groups excluding carboxylic acids is 1. The molecule has 0 heterocycles. The normalized spacial score (nSPS) is 10.3. The highest BCUT2D eigenvalue weighted by Crippen LogP contribution is 2.30. The van der Waals surface area contributed by atoms with E-state index in [1.807, 2.05) is 0 Å². The molecule has 1 aromatic rings. The van der Waals surface area contributed by atoms with E-state index >= 15 is 0 Å². The molecule has 18 heavy (non-hydrogen) atoms. The van der Waals surface area contributed by atoms with Gasteiger partial charge in [0.25, 0.3) is 5.69 Å². The summed E-state index contributed by atoms with van der Waals surface area (Å²) in [7, 11) is 1.31. The van der Waals surface area contributed by atoms with E-state index in [0.29, 0.717) is 6.29 Å². The summed E-state index contributed by atoms with van der Waals surface area (Å²) >= 11 is 0. The van der Waals surface area contributed by atoms with Gasteiger partial charge in [-0.3, -0.25) is 14.9 Å². The van der Waals surface area contributed by atoms with Crippen molar-refractivity contribution >= 4 is 24.0 Å². The highest BCUT2D eigenvalue weighted by atomic mass is 16.6. The van der Waals surface area contributed by atoms with Crippen molar-refractivity contribution in [3.05, 3.63) is 39.4 Å². The van der Waals surface area contributed by atoms with Gasteiger partial charge in [0.05, 0.1) is 12.0 Å². The fourth-order valence-corrected chi connectivity index (χ4v) is 1.39. The molecule has 0 unspecified atom stereocenters. The molecule has 0 spiro atoms. The van der Waals surface area contributed by atoms with Crippen molar-refractivity contribution in [1.29, 1.82) is 0 Å². The van der Waals surface area contributed by atoms with Gasteiger partial charge in [-0.2, -0.15) is 0 Å². The minimum Gasteiger partial charge on any atom is -0.496 e. The predicted molar refractivity (Wildman–Crippen MR) is 61.7 cm³/mol. The van der Waals surface area contributed by atoms with Gasteiger partial charge in [0, 0.05) is 17.7 Å². The average Bonchev–Trinajstić information content (AvgIpc) is 2.34. The van der Waals surface area contributed by atoms with E-state index in [9.17, 15) is 19.7 Å². The zero-order valence-electron chi connectivity index (χ0n) is 9.32. The molecular formula is C11H9NO6. The lowest BCUT2D eigenvalue weighted by atomic mass is 10.0. The number of carboxylic acid groups (broad SMARTS) is 1. The zero-order valence-corrected chi connectivity index (χ0v) is 9.32. The van der Waals surface area contributed by atoms with Crippen molar-refractivity contribution in [1.82, 2.24) is 0 Å². The standard InChI is InChI=1S/C11H9NO6/c1-18-10-4-3-9(12(16)17)8(6-13)7(10)2-5-11(14)15/h2-6H,1H3,(H,14,15)/b5-2+. The van der Waals surface area contributed by atoms with Gasteiger partial charge < -0.3 is 9.84 Å². The molecule has 0 amide bonds. The van der Waals surface area contributed by atoms with Gasteiger partial charge in [-0.25, -0.2) is 4.79 Å². The second kappa shape index (κ2) is 5.58. The minimum absolute atomic E-state index is 0.0594. The molecule has 0 aliphatic rings. The van der Waals surface area contributed by atoms with Crippen LogP contribution in [0.5, 0.6) is 5.75 Å². The van der Waals surface area contributed by atoms with Crippen molar-refractivity contribution in [3.63, 3.8) is 0 Å². The van der Waals surface area contributed by atoms with Gasteiger partial charge in [0.1, 0.15) is 11.3 Å². The summed E-state index contributed by atoms with van der Waals surface area (Å²) in [6.07, 6.45) is 2.15. The Bertz CT molecular complexity index is 535. The van der Waals surface area contributed by atoms with Crippen molar-refractivity contribution in [2.24, 2.45) is 0 Å². The number of rotatable bonds is 5. The molecule has 7 heteroatoms. The molecule has 94 valence electrons. The Balaban J connectivity index is 3.51. The van der Waals surface area contributed by atoms with Crippen LogP contribution in [0.25, 0.3) is 6.08 Å². The average molecular weight is 251 g/mol. The van der Waals surface area contributed by atoms with Crippen LogP contribution in [0.4, 0.5) is 5.69 Å². The van der Waals surface area contributed by atoms with Crippen LogP contribution in [0, 0.1) is 10.1 Å². The number of hydrogen-bond donors (Lipinski definition) is 1. The molecule has 0 aliphatic heterocycles. The van der Waals surface area contributed by atoms with Crippen molar-refractivity contribution in [2.75, 3.05) is 7.11 Å². The lowest BCUT2D eigenvalue weighted by molar-refractivity contribution is -0.385. The Labute approximate surface area is 101 Å². The largest absolute Gasteiger partial charge is 0.496 e. The number of aliphatic carboxylic acids is 1. The molecule has 0 atom stereocenters. The first-order chi connectivity index (χ1) is 8.51. The van der Waals surface area contributed by atoms with Crippen molar-refractivity contribution < 1.29 is 24.4 Å². The third-order valence-corrected chi connectivity index (χ3v) is 2.15. The SMILES string of the molecule is COc1ccc([N+](=O)[O-])c(C=O)c1/C=C/C(=O)O. The maximum absolute atomic E-state index is 10.9. The van der Waals surface area contributed by atoms with E-state index in [2.05, 4.69) is 0 Å². The third kappa shape index (κ3) is 2.70. The van der Waals surface area contributed by atoms with Crippen LogP contribution in [0.1, 0.15) is 15.9 Å². The van der Waals surface area contributed by atoms with Crippen LogP contribution in [0.3, 0.4) is 0 Å². The van der Waals surface area contributed by atoms with Gasteiger partial charge in [-0.1, -0.05) is 0 Å². The van der Waals surface area contributed by atoms with E-state index < -0.39 is 16.6 Å². The number of nitro groups is 1. The Morgan fingerprint density at radius 1 is 1.44 bits per heavy atom. The molecule has 0 aromatic heterocycles. The Morgan fingerprint density at radius 3 is 2.56 bits per heavy atom. The topological polar surface area (TPSA) is 107 Å². The van der Waals surface area contributed by atoms with Crippen LogP contribution >= 0.6 is 0 Å². The smallest absolute Gasteiger partial charge is 0.328 e. The minimum atomic E-state index is -1.24. The first kappa shape index (κ1) is 13.4. The van der Waals surface area contributed by atoms with Gasteiger partial charge in [0.15, 0.2) is 6.29 Å². The molecule has 1 aromatic carbocycles. The number of nitrogens with zero attached hydrogens (tertiary/aromatic N) is 1. The van der Waals surface area contributed by atoms with Crippen LogP contribution in [-0.2, 0) is 4.79 Å². The second-order valence-corrected chi connectivity index (χ2v) is 3.16. The lowest BCUT2D eigenvalue weighted by Crippen LogP contribution is -2.00. The maximum atomic E-state index is 10.9. The van der Waals surface area contributed by atoms with Crippen LogP contribution in [0.2, 0.25) is 0 Å². The highest BCUT2D eigenvalue weighted by Gasteiger charge is 2.19. The summed E-state index contributed by atoms with van der Waals surface area (Å²) in [5.41, 5.74) is -0.572. The number of nitro benzene ring substituents is 1. The monoisotopic (exact) mass is 251 g/mol. The zero-order chi connectivity index (χ0) is 13.7. The highest BCUT2D eigenvalue weighted by molar-refractivity contribution is 5.93. The molecule has 0 fully saturated rings. The predicted octanol–water partition coefficient (Wildman–Crippen LogP) is 1.51. The van der Waals surface area contributed by atoms with E-state index in [0.717, 1.165) is 18.2 Å². The summed E-state index contributed by atoms with van der Waals surface area (Å²) in [4.78, 5) is 31.4. The number of ether oxygens (including phenoxy) is 1. The van der Waals surface area contributed by atoms with Gasteiger partial charge >= 0.3 is 5.97 Å². The molecule has 0 saturated heterocycles. The third-order valence-electron chi connectivity index (χ3n) is 2.15. The number of aldehydes is 1. The van der Waals surface area contributed by atoms with Gasteiger partial charge in [-0.15, -0.1) is 0 Å². The fourth-order valence-electron chi connectivity index (χ4n) is 1.39. The number of hydrogen-bond acceptors (Lipinski definition) is 5. The van der Waals surface area contributed by atoms with Crippen LogP contribution < -0.4 is 4.74 Å². The van der Waals surface area contributed by atoms with Gasteiger partial charge in [0.2, 0.25) is 0 Å². The molecule has 7 nitrogen and oxygen atoms in total. The molecule has 0 bridgehead atoms. The van der Waals surface area contributed by atoms with Crippen LogP contribution in [0.15, 0.2) is 18.2 Å².